The molecule has 4 nitrogen and oxygen atoms in total. The van der Waals surface area contributed by atoms with Gasteiger partial charge in [0.15, 0.2) is 0 Å². The van der Waals surface area contributed by atoms with Crippen molar-refractivity contribution in [2.24, 2.45) is 0 Å². The summed E-state index contributed by atoms with van der Waals surface area (Å²) in [6, 6.07) is 12.4. The summed E-state index contributed by atoms with van der Waals surface area (Å²) in [5.41, 5.74) is 1.03. The number of hydrogen-bond acceptors (Lipinski definition) is 3. The van der Waals surface area contributed by atoms with Crippen molar-refractivity contribution in [1.29, 1.82) is 0 Å². The predicted molar refractivity (Wildman–Crippen MR) is 85.2 cm³/mol. The van der Waals surface area contributed by atoms with E-state index in [4.69, 9.17) is 0 Å². The van der Waals surface area contributed by atoms with Gasteiger partial charge in [0.1, 0.15) is 16.5 Å². The molecule has 0 atom stereocenters. The number of sulfonamides is 1. The van der Waals surface area contributed by atoms with Crippen LogP contribution >= 0.6 is 0 Å². The van der Waals surface area contributed by atoms with Gasteiger partial charge in [-0.05, 0) is 48.6 Å². The third-order valence-electron chi connectivity index (χ3n) is 4.28. The van der Waals surface area contributed by atoms with Crippen LogP contribution in [0.25, 0.3) is 0 Å². The number of phenols is 1. The van der Waals surface area contributed by atoms with E-state index in [0.717, 1.165) is 5.56 Å². The first-order valence-corrected chi connectivity index (χ1v) is 8.96. The van der Waals surface area contributed by atoms with Gasteiger partial charge in [-0.3, -0.25) is 0 Å². The third-order valence-corrected chi connectivity index (χ3v) is 6.22. The minimum Gasteiger partial charge on any atom is -0.507 e. The van der Waals surface area contributed by atoms with E-state index in [1.54, 1.807) is 24.3 Å². The highest BCUT2D eigenvalue weighted by molar-refractivity contribution is 7.89. The molecule has 6 heteroatoms. The van der Waals surface area contributed by atoms with Crippen LogP contribution in [0.1, 0.15) is 24.3 Å². The third kappa shape index (κ3) is 3.23. The summed E-state index contributed by atoms with van der Waals surface area (Å²) in [5.74, 6) is -0.270. The second kappa shape index (κ2) is 6.29. The van der Waals surface area contributed by atoms with Gasteiger partial charge in [-0.2, -0.15) is 4.31 Å². The molecule has 0 radical (unpaired) electrons. The van der Waals surface area contributed by atoms with E-state index >= 15 is 0 Å². The fourth-order valence-corrected chi connectivity index (χ4v) is 4.53. The highest BCUT2D eigenvalue weighted by atomic mass is 32.2. The zero-order valence-electron chi connectivity index (χ0n) is 12.5. The lowest BCUT2D eigenvalue weighted by atomic mass is 9.90. The number of benzene rings is 2. The second-order valence-corrected chi connectivity index (χ2v) is 7.60. The Morgan fingerprint density at radius 2 is 1.61 bits per heavy atom. The number of rotatable bonds is 3. The average Bonchev–Trinajstić information content (AvgIpc) is 2.56. The average molecular weight is 335 g/mol. The maximum atomic E-state index is 13.0. The van der Waals surface area contributed by atoms with Crippen LogP contribution in [0.4, 0.5) is 4.39 Å². The van der Waals surface area contributed by atoms with Crippen molar-refractivity contribution in [3.05, 3.63) is 59.9 Å². The highest BCUT2D eigenvalue weighted by Crippen LogP contribution is 2.32. The van der Waals surface area contributed by atoms with E-state index in [-0.39, 0.29) is 22.4 Å². The lowest BCUT2D eigenvalue weighted by Gasteiger charge is -2.31. The van der Waals surface area contributed by atoms with Gasteiger partial charge in [-0.25, -0.2) is 12.8 Å². The molecule has 23 heavy (non-hydrogen) atoms. The summed E-state index contributed by atoms with van der Waals surface area (Å²) >= 11 is 0. The minimum absolute atomic E-state index is 0.0553. The van der Waals surface area contributed by atoms with Gasteiger partial charge in [-0.1, -0.05) is 24.3 Å². The van der Waals surface area contributed by atoms with Crippen molar-refractivity contribution in [2.75, 3.05) is 13.1 Å². The zero-order valence-corrected chi connectivity index (χ0v) is 13.3. The number of para-hydroxylation sites is 1. The van der Waals surface area contributed by atoms with E-state index in [0.29, 0.717) is 25.9 Å². The first kappa shape index (κ1) is 16.0. The molecule has 0 unspecified atom stereocenters. The van der Waals surface area contributed by atoms with Crippen molar-refractivity contribution in [2.45, 2.75) is 23.7 Å². The summed E-state index contributed by atoms with van der Waals surface area (Å²) in [7, 11) is -3.68. The maximum absolute atomic E-state index is 13.0. The predicted octanol–water partition coefficient (Wildman–Crippen LogP) is 3.10. The largest absolute Gasteiger partial charge is 0.507 e. The summed E-state index contributed by atoms with van der Waals surface area (Å²) in [5, 5.41) is 9.79. The summed E-state index contributed by atoms with van der Waals surface area (Å²) in [4.78, 5) is -0.0553. The van der Waals surface area contributed by atoms with Crippen LogP contribution in [0.15, 0.2) is 53.4 Å². The van der Waals surface area contributed by atoms with E-state index in [9.17, 15) is 17.9 Å². The molecule has 1 aliphatic rings. The molecule has 1 heterocycles. The molecule has 0 saturated carbocycles. The Morgan fingerprint density at radius 1 is 1.00 bits per heavy atom. The number of hydrogen-bond donors (Lipinski definition) is 1. The van der Waals surface area contributed by atoms with Crippen LogP contribution in [-0.4, -0.2) is 30.9 Å². The molecule has 0 spiro atoms. The van der Waals surface area contributed by atoms with Gasteiger partial charge >= 0.3 is 0 Å². The molecular formula is C17H18FNO3S. The van der Waals surface area contributed by atoms with Gasteiger partial charge in [0.2, 0.25) is 10.0 Å². The summed E-state index contributed by atoms with van der Waals surface area (Å²) in [6.07, 6.45) is 1.36. The van der Waals surface area contributed by atoms with Gasteiger partial charge in [0.05, 0.1) is 0 Å². The molecule has 2 aromatic carbocycles. The Bertz CT molecular complexity index is 782. The summed E-state index contributed by atoms with van der Waals surface area (Å²) in [6.45, 7) is 0.775. The van der Waals surface area contributed by atoms with Crippen LogP contribution in [0, 0.1) is 5.82 Å². The molecule has 1 aliphatic heterocycles. The summed E-state index contributed by atoms with van der Waals surface area (Å²) < 4.78 is 39.6. The van der Waals surface area contributed by atoms with Crippen LogP contribution < -0.4 is 0 Å². The van der Waals surface area contributed by atoms with Gasteiger partial charge in [0, 0.05) is 13.1 Å². The van der Waals surface area contributed by atoms with E-state index in [2.05, 4.69) is 0 Å². The Morgan fingerprint density at radius 3 is 2.22 bits per heavy atom. The van der Waals surface area contributed by atoms with Gasteiger partial charge < -0.3 is 5.11 Å². The Balaban J connectivity index is 1.74. The number of halogens is 1. The Hall–Kier alpha value is -1.92. The van der Waals surface area contributed by atoms with Crippen LogP contribution in [-0.2, 0) is 10.0 Å². The number of nitrogens with zero attached hydrogens (tertiary/aromatic N) is 1. The molecule has 1 saturated heterocycles. The first-order chi connectivity index (χ1) is 11.0. The quantitative estimate of drug-likeness (QED) is 0.938. The van der Waals surface area contributed by atoms with E-state index in [1.165, 1.54) is 28.6 Å². The van der Waals surface area contributed by atoms with Crippen molar-refractivity contribution >= 4 is 10.0 Å². The first-order valence-electron chi connectivity index (χ1n) is 7.52. The SMILES string of the molecule is O=S(=O)(c1ccccc1O)N1CCC(c2ccc(F)cc2)CC1. The van der Waals surface area contributed by atoms with Crippen molar-refractivity contribution < 1.29 is 17.9 Å². The smallest absolute Gasteiger partial charge is 0.246 e. The monoisotopic (exact) mass is 335 g/mol. The van der Waals surface area contributed by atoms with E-state index < -0.39 is 10.0 Å². The van der Waals surface area contributed by atoms with Crippen molar-refractivity contribution in [3.63, 3.8) is 0 Å². The van der Waals surface area contributed by atoms with E-state index in [1.807, 2.05) is 0 Å². The molecule has 0 bridgehead atoms. The Kier molecular flexibility index (Phi) is 4.37. The zero-order chi connectivity index (χ0) is 16.4. The molecule has 0 aliphatic carbocycles. The van der Waals surface area contributed by atoms with Crippen LogP contribution in [0.2, 0.25) is 0 Å². The van der Waals surface area contributed by atoms with Gasteiger partial charge in [0.25, 0.3) is 0 Å². The Labute approximate surface area is 135 Å². The number of aromatic hydroxyl groups is 1. The minimum atomic E-state index is -3.68. The van der Waals surface area contributed by atoms with Crippen molar-refractivity contribution in [3.8, 4) is 5.75 Å². The molecule has 122 valence electrons. The van der Waals surface area contributed by atoms with Gasteiger partial charge in [-0.15, -0.1) is 0 Å². The fourth-order valence-electron chi connectivity index (χ4n) is 2.98. The molecule has 0 amide bonds. The van der Waals surface area contributed by atoms with Crippen LogP contribution in [0.3, 0.4) is 0 Å². The topological polar surface area (TPSA) is 57.6 Å². The molecular weight excluding hydrogens is 317 g/mol. The standard InChI is InChI=1S/C17H18FNO3S/c18-15-7-5-13(6-8-15)14-9-11-19(12-10-14)23(21,22)17-4-2-1-3-16(17)20/h1-8,14,20H,9-12H2. The number of phenolic OH excluding ortho intramolecular Hbond substituents is 1. The molecule has 3 rings (SSSR count). The fraction of sp³-hybridized carbons (Fsp3) is 0.294. The maximum Gasteiger partial charge on any atom is 0.246 e. The lowest BCUT2D eigenvalue weighted by Crippen LogP contribution is -2.37. The number of piperidine rings is 1. The normalized spacial score (nSPS) is 17.3. The lowest BCUT2D eigenvalue weighted by molar-refractivity contribution is 0.318. The van der Waals surface area contributed by atoms with Crippen molar-refractivity contribution in [1.82, 2.24) is 4.31 Å². The molecule has 0 aromatic heterocycles. The second-order valence-electron chi connectivity index (χ2n) is 5.70. The molecule has 1 N–H and O–H groups in total. The molecule has 2 aromatic rings. The highest BCUT2D eigenvalue weighted by Gasteiger charge is 2.31. The van der Waals surface area contributed by atoms with Crippen LogP contribution in [0.5, 0.6) is 5.75 Å². The molecule has 1 fully saturated rings.